The molecule has 0 bridgehead atoms. The second kappa shape index (κ2) is 5.46. The molecule has 1 atom stereocenters. The van der Waals surface area contributed by atoms with E-state index < -0.39 is 0 Å². The molecule has 1 aromatic heterocycles. The predicted molar refractivity (Wildman–Crippen MR) is 76.1 cm³/mol. The third-order valence-electron chi connectivity index (χ3n) is 2.30. The van der Waals surface area contributed by atoms with Crippen molar-refractivity contribution in [1.29, 1.82) is 0 Å². The maximum Gasteiger partial charge on any atom is 0.223 e. The number of aromatic nitrogens is 1. The maximum atomic E-state index is 5.88. The van der Waals surface area contributed by atoms with Gasteiger partial charge in [-0.1, -0.05) is 12.1 Å². The van der Waals surface area contributed by atoms with E-state index in [2.05, 4.69) is 27.6 Å². The summed E-state index contributed by atoms with van der Waals surface area (Å²) < 4.78 is 6.88. The molecule has 0 saturated heterocycles. The topological polar surface area (TPSA) is 48.1 Å². The van der Waals surface area contributed by atoms with Crippen LogP contribution in [0.2, 0.25) is 0 Å². The number of ether oxygens (including phenoxy) is 1. The van der Waals surface area contributed by atoms with Crippen molar-refractivity contribution in [3.63, 3.8) is 0 Å². The van der Waals surface area contributed by atoms with Crippen LogP contribution in [0.3, 0.4) is 0 Å². The van der Waals surface area contributed by atoms with Crippen LogP contribution < -0.4 is 10.5 Å². The van der Waals surface area contributed by atoms with E-state index in [1.165, 1.54) is 0 Å². The molecule has 1 aromatic carbocycles. The fourth-order valence-corrected chi connectivity index (χ4v) is 1.99. The van der Waals surface area contributed by atoms with Gasteiger partial charge in [0, 0.05) is 21.4 Å². The van der Waals surface area contributed by atoms with Crippen LogP contribution in [-0.4, -0.2) is 4.98 Å². The Morgan fingerprint density at radius 2 is 2.12 bits per heavy atom. The second-order valence-corrected chi connectivity index (χ2v) is 4.99. The lowest BCUT2D eigenvalue weighted by Gasteiger charge is -2.12. The molecule has 2 N–H and O–H groups in total. The Hall–Kier alpha value is -1.14. The van der Waals surface area contributed by atoms with Gasteiger partial charge in [0.05, 0.1) is 0 Å². The number of hydrogen-bond donors (Lipinski definition) is 1. The van der Waals surface area contributed by atoms with Crippen molar-refractivity contribution in [1.82, 2.24) is 4.98 Å². The summed E-state index contributed by atoms with van der Waals surface area (Å²) in [7, 11) is 0. The fraction of sp³-hybridized carbons (Fsp3) is 0.154. The van der Waals surface area contributed by atoms with E-state index in [9.17, 15) is 0 Å². The first kappa shape index (κ1) is 12.3. The highest BCUT2D eigenvalue weighted by Crippen LogP contribution is 2.26. The SMILES string of the molecule is C[C@H](N)c1cccnc1Oc1cccc(I)c1. The number of pyridine rings is 1. The van der Waals surface area contributed by atoms with E-state index in [1.54, 1.807) is 6.20 Å². The Labute approximate surface area is 114 Å². The Balaban J connectivity index is 2.30. The third-order valence-corrected chi connectivity index (χ3v) is 2.97. The molecule has 4 heteroatoms. The molecular weight excluding hydrogens is 327 g/mol. The van der Waals surface area contributed by atoms with Gasteiger partial charge in [0.15, 0.2) is 0 Å². The molecule has 2 aromatic rings. The van der Waals surface area contributed by atoms with E-state index in [0.717, 1.165) is 14.9 Å². The summed E-state index contributed by atoms with van der Waals surface area (Å²) in [5.41, 5.74) is 6.79. The summed E-state index contributed by atoms with van der Waals surface area (Å²) in [6.07, 6.45) is 1.70. The molecule has 0 aliphatic heterocycles. The zero-order valence-electron chi connectivity index (χ0n) is 9.43. The van der Waals surface area contributed by atoms with E-state index in [0.29, 0.717) is 5.88 Å². The van der Waals surface area contributed by atoms with Gasteiger partial charge in [-0.05, 0) is 53.8 Å². The second-order valence-electron chi connectivity index (χ2n) is 3.75. The zero-order chi connectivity index (χ0) is 12.3. The molecule has 0 spiro atoms. The van der Waals surface area contributed by atoms with Crippen molar-refractivity contribution < 1.29 is 4.74 Å². The predicted octanol–water partition coefficient (Wildman–Crippen LogP) is 3.50. The molecule has 2 rings (SSSR count). The van der Waals surface area contributed by atoms with Crippen molar-refractivity contribution >= 4 is 22.6 Å². The van der Waals surface area contributed by atoms with Gasteiger partial charge in [-0.15, -0.1) is 0 Å². The number of benzene rings is 1. The minimum Gasteiger partial charge on any atom is -0.439 e. The molecule has 0 amide bonds. The molecular formula is C13H13IN2O. The molecule has 0 aliphatic rings. The molecule has 3 nitrogen and oxygen atoms in total. The maximum absolute atomic E-state index is 5.88. The number of nitrogens with zero attached hydrogens (tertiary/aromatic N) is 1. The first-order valence-corrected chi connectivity index (χ1v) is 6.38. The molecule has 17 heavy (non-hydrogen) atoms. The monoisotopic (exact) mass is 340 g/mol. The molecule has 0 radical (unpaired) electrons. The highest BCUT2D eigenvalue weighted by Gasteiger charge is 2.09. The van der Waals surface area contributed by atoms with Crippen molar-refractivity contribution in [2.75, 3.05) is 0 Å². The van der Waals surface area contributed by atoms with Crippen LogP contribution in [-0.2, 0) is 0 Å². The van der Waals surface area contributed by atoms with Crippen LogP contribution in [0.25, 0.3) is 0 Å². The molecule has 0 unspecified atom stereocenters. The van der Waals surface area contributed by atoms with Gasteiger partial charge in [0.25, 0.3) is 0 Å². The molecule has 0 aliphatic carbocycles. The smallest absolute Gasteiger partial charge is 0.223 e. The van der Waals surface area contributed by atoms with Gasteiger partial charge in [-0.3, -0.25) is 0 Å². The molecule has 88 valence electrons. The summed E-state index contributed by atoms with van der Waals surface area (Å²) in [4.78, 5) is 4.22. The third kappa shape index (κ3) is 3.17. The summed E-state index contributed by atoms with van der Waals surface area (Å²) in [6, 6.07) is 11.5. The van der Waals surface area contributed by atoms with Crippen LogP contribution in [0, 0.1) is 3.57 Å². The van der Waals surface area contributed by atoms with Gasteiger partial charge in [0.1, 0.15) is 5.75 Å². The van der Waals surface area contributed by atoms with Gasteiger partial charge in [0.2, 0.25) is 5.88 Å². The van der Waals surface area contributed by atoms with E-state index in [-0.39, 0.29) is 6.04 Å². The summed E-state index contributed by atoms with van der Waals surface area (Å²) in [6.45, 7) is 1.92. The molecule has 0 saturated carbocycles. The average Bonchev–Trinajstić information content (AvgIpc) is 2.29. The van der Waals surface area contributed by atoms with Gasteiger partial charge in [-0.25, -0.2) is 4.98 Å². The van der Waals surface area contributed by atoms with E-state index in [1.807, 2.05) is 43.3 Å². The van der Waals surface area contributed by atoms with Crippen LogP contribution in [0.1, 0.15) is 18.5 Å². The van der Waals surface area contributed by atoms with Crippen molar-refractivity contribution in [2.24, 2.45) is 5.73 Å². The van der Waals surface area contributed by atoms with Gasteiger partial charge in [-0.2, -0.15) is 0 Å². The first-order chi connectivity index (χ1) is 8.16. The number of hydrogen-bond acceptors (Lipinski definition) is 3. The highest BCUT2D eigenvalue weighted by atomic mass is 127. The lowest BCUT2D eigenvalue weighted by atomic mass is 10.1. The van der Waals surface area contributed by atoms with Crippen LogP contribution in [0.4, 0.5) is 0 Å². The van der Waals surface area contributed by atoms with Gasteiger partial charge < -0.3 is 10.5 Å². The Bertz CT molecular complexity index is 514. The lowest BCUT2D eigenvalue weighted by Crippen LogP contribution is -2.07. The number of halogens is 1. The summed E-state index contributed by atoms with van der Waals surface area (Å²) in [5.74, 6) is 1.35. The van der Waals surface area contributed by atoms with Crippen LogP contribution in [0.15, 0.2) is 42.6 Å². The summed E-state index contributed by atoms with van der Waals surface area (Å²) in [5, 5.41) is 0. The summed E-state index contributed by atoms with van der Waals surface area (Å²) >= 11 is 2.25. The fourth-order valence-electron chi connectivity index (χ4n) is 1.48. The van der Waals surface area contributed by atoms with Crippen molar-refractivity contribution in [3.05, 3.63) is 51.7 Å². The standard InChI is InChI=1S/C13H13IN2O/c1-9(15)12-6-3-7-16-13(12)17-11-5-2-4-10(14)8-11/h2-9H,15H2,1H3/t9-/m0/s1. The van der Waals surface area contributed by atoms with Crippen LogP contribution >= 0.6 is 22.6 Å². The molecule has 0 fully saturated rings. The van der Waals surface area contributed by atoms with E-state index >= 15 is 0 Å². The van der Waals surface area contributed by atoms with Crippen molar-refractivity contribution in [3.8, 4) is 11.6 Å². The minimum absolute atomic E-state index is 0.0958. The zero-order valence-corrected chi connectivity index (χ0v) is 11.6. The number of rotatable bonds is 3. The van der Waals surface area contributed by atoms with E-state index in [4.69, 9.17) is 10.5 Å². The van der Waals surface area contributed by atoms with Crippen LogP contribution in [0.5, 0.6) is 11.6 Å². The Morgan fingerprint density at radius 3 is 2.82 bits per heavy atom. The largest absolute Gasteiger partial charge is 0.439 e. The first-order valence-electron chi connectivity index (χ1n) is 5.31. The van der Waals surface area contributed by atoms with Gasteiger partial charge >= 0.3 is 0 Å². The molecule has 1 heterocycles. The minimum atomic E-state index is -0.0958. The van der Waals surface area contributed by atoms with Crippen molar-refractivity contribution in [2.45, 2.75) is 13.0 Å². The Morgan fingerprint density at radius 1 is 1.29 bits per heavy atom. The quantitative estimate of drug-likeness (QED) is 0.870. The highest BCUT2D eigenvalue weighted by molar-refractivity contribution is 14.1. The Kier molecular flexibility index (Phi) is 3.96. The lowest BCUT2D eigenvalue weighted by molar-refractivity contribution is 0.452. The average molecular weight is 340 g/mol. The normalized spacial score (nSPS) is 12.2. The number of nitrogens with two attached hydrogens (primary N) is 1.